The van der Waals surface area contributed by atoms with Gasteiger partial charge in [-0.2, -0.15) is 0 Å². The van der Waals surface area contributed by atoms with Gasteiger partial charge in [-0.15, -0.1) is 0 Å². The van der Waals surface area contributed by atoms with Gasteiger partial charge in [0.1, 0.15) is 11.6 Å². The maximum atomic E-state index is 12.9. The molecule has 0 saturated heterocycles. The number of carbonyl (C=O) groups excluding carboxylic acids is 1. The normalized spacial score (nSPS) is 10.7. The molecule has 2 aromatic carbocycles. The van der Waals surface area contributed by atoms with Gasteiger partial charge in [0.05, 0.1) is 18.5 Å². The lowest BCUT2D eigenvalue weighted by atomic mass is 10.2. The van der Waals surface area contributed by atoms with Crippen LogP contribution in [0.3, 0.4) is 0 Å². The summed E-state index contributed by atoms with van der Waals surface area (Å²) in [6.07, 6.45) is 9.61. The van der Waals surface area contributed by atoms with Gasteiger partial charge in [-0.05, 0) is 48.5 Å². The van der Waals surface area contributed by atoms with Crippen LogP contribution in [0.15, 0.2) is 85.7 Å². The highest BCUT2D eigenvalue weighted by molar-refractivity contribution is 5.94. The number of ether oxygens (including phenoxy) is 1. The molecule has 0 aliphatic carbocycles. The lowest BCUT2D eigenvalue weighted by Gasteiger charge is -1.99. The summed E-state index contributed by atoms with van der Waals surface area (Å²) in [4.78, 5) is 39.0. The fourth-order valence-corrected chi connectivity index (χ4v) is 3.75. The molecule has 6 aromatic rings. The van der Waals surface area contributed by atoms with Crippen LogP contribution in [0.4, 0.5) is 8.78 Å². The number of nitrogens with zero attached hydrogens (tertiary/aromatic N) is 6. The molecule has 4 heterocycles. The zero-order valence-electron chi connectivity index (χ0n) is 20.2. The van der Waals surface area contributed by atoms with E-state index in [0.717, 1.165) is 5.56 Å². The quantitative estimate of drug-likeness (QED) is 0.331. The molecule has 0 aliphatic rings. The number of carbonyl (C=O) groups is 2. The van der Waals surface area contributed by atoms with Crippen LogP contribution in [-0.2, 0) is 4.74 Å². The Labute approximate surface area is 218 Å². The summed E-state index contributed by atoms with van der Waals surface area (Å²) >= 11 is 0. The Balaban J connectivity index is 0.000000158. The van der Waals surface area contributed by atoms with Gasteiger partial charge in [0.15, 0.2) is 22.7 Å². The van der Waals surface area contributed by atoms with E-state index in [1.165, 1.54) is 43.8 Å². The average Bonchev–Trinajstić information content (AvgIpc) is 3.58. The van der Waals surface area contributed by atoms with E-state index >= 15 is 0 Å². The number of rotatable bonds is 4. The summed E-state index contributed by atoms with van der Waals surface area (Å²) in [6, 6.07) is 11.8. The SMILES string of the molecule is COC(=O)c1nccn2cc(-c3ccc(F)cc3)nc12.O=C(O)c1nccn2cc(-c3ccc(F)cc3)nc12. The molecule has 0 unspecified atom stereocenters. The number of carboxylic acid groups (broad SMARTS) is 1. The molecule has 1 N–H and O–H groups in total. The number of methoxy groups -OCH3 is 1. The maximum Gasteiger partial charge on any atom is 0.360 e. The zero-order valence-corrected chi connectivity index (χ0v) is 20.2. The van der Waals surface area contributed by atoms with Gasteiger partial charge in [0.2, 0.25) is 0 Å². The molecule has 0 amide bonds. The highest BCUT2D eigenvalue weighted by atomic mass is 19.1. The van der Waals surface area contributed by atoms with Crippen molar-refractivity contribution in [2.75, 3.05) is 7.11 Å². The molecule has 0 fully saturated rings. The topological polar surface area (TPSA) is 124 Å². The first-order valence-electron chi connectivity index (χ1n) is 11.3. The van der Waals surface area contributed by atoms with Crippen LogP contribution in [0.5, 0.6) is 0 Å². The third-order valence-corrected chi connectivity index (χ3v) is 5.61. The Bertz CT molecular complexity index is 1810. The van der Waals surface area contributed by atoms with Crippen LogP contribution in [0, 0.1) is 11.6 Å². The summed E-state index contributed by atoms with van der Waals surface area (Å²) < 4.78 is 33.7. The molecular formula is C27H18F2N6O4. The van der Waals surface area contributed by atoms with E-state index < -0.39 is 11.9 Å². The maximum absolute atomic E-state index is 12.9. The van der Waals surface area contributed by atoms with Crippen molar-refractivity contribution in [1.82, 2.24) is 28.7 Å². The highest BCUT2D eigenvalue weighted by Gasteiger charge is 2.16. The van der Waals surface area contributed by atoms with E-state index in [-0.39, 0.29) is 28.7 Å². The van der Waals surface area contributed by atoms with E-state index in [1.807, 2.05) is 0 Å². The highest BCUT2D eigenvalue weighted by Crippen LogP contribution is 2.22. The zero-order chi connectivity index (χ0) is 27.5. The predicted molar refractivity (Wildman–Crippen MR) is 135 cm³/mol. The number of carboxylic acids is 1. The van der Waals surface area contributed by atoms with Crippen molar-refractivity contribution in [3.05, 3.63) is 109 Å². The molecule has 0 radical (unpaired) electrons. The minimum atomic E-state index is -1.14. The first kappa shape index (κ1) is 25.1. The fourth-order valence-electron chi connectivity index (χ4n) is 3.75. The molecule has 12 heteroatoms. The Morgan fingerprint density at radius 3 is 1.62 bits per heavy atom. The van der Waals surface area contributed by atoms with E-state index in [1.54, 1.807) is 57.9 Å². The fraction of sp³-hybridized carbons (Fsp3) is 0.0370. The number of hydrogen-bond donors (Lipinski definition) is 1. The first-order chi connectivity index (χ1) is 18.8. The van der Waals surface area contributed by atoms with Gasteiger partial charge in [0.25, 0.3) is 0 Å². The average molecular weight is 528 g/mol. The third-order valence-electron chi connectivity index (χ3n) is 5.61. The van der Waals surface area contributed by atoms with Crippen LogP contribution in [0.1, 0.15) is 21.0 Å². The molecule has 6 rings (SSSR count). The van der Waals surface area contributed by atoms with Gasteiger partial charge in [0, 0.05) is 48.3 Å². The Morgan fingerprint density at radius 1 is 0.744 bits per heavy atom. The van der Waals surface area contributed by atoms with E-state index in [2.05, 4.69) is 24.7 Å². The number of fused-ring (bicyclic) bond motifs is 2. The summed E-state index contributed by atoms with van der Waals surface area (Å²) in [6.45, 7) is 0. The second kappa shape index (κ2) is 10.5. The van der Waals surface area contributed by atoms with Crippen LogP contribution in [0.25, 0.3) is 33.8 Å². The molecule has 0 bridgehead atoms. The second-order valence-corrected chi connectivity index (χ2v) is 8.08. The van der Waals surface area contributed by atoms with Gasteiger partial charge in [-0.3, -0.25) is 0 Å². The minimum Gasteiger partial charge on any atom is -0.476 e. The molecule has 0 aliphatic heterocycles. The van der Waals surface area contributed by atoms with Crippen molar-refractivity contribution in [3.8, 4) is 22.5 Å². The molecular weight excluding hydrogens is 510 g/mol. The predicted octanol–water partition coefficient (Wildman–Crippen LogP) is 4.56. The van der Waals surface area contributed by atoms with E-state index in [4.69, 9.17) is 5.11 Å². The van der Waals surface area contributed by atoms with Gasteiger partial charge >= 0.3 is 11.9 Å². The van der Waals surface area contributed by atoms with Crippen molar-refractivity contribution in [2.24, 2.45) is 0 Å². The van der Waals surface area contributed by atoms with Crippen molar-refractivity contribution in [1.29, 1.82) is 0 Å². The standard InChI is InChI=1S/C14H10FN3O2.C13H8FN3O2/c1-20-14(19)12-13-17-11(8-18(13)7-6-16-12)9-2-4-10(15)5-3-9;14-9-3-1-8(2-4-9)10-7-17-6-5-15-11(13(18)19)12(17)16-10/h2-8H,1H3;1-7H,(H,18,19). The molecule has 0 spiro atoms. The van der Waals surface area contributed by atoms with Crippen LogP contribution in [0.2, 0.25) is 0 Å². The number of esters is 1. The third kappa shape index (κ3) is 5.16. The summed E-state index contributed by atoms with van der Waals surface area (Å²) in [5, 5.41) is 9.03. The molecule has 39 heavy (non-hydrogen) atoms. The number of imidazole rings is 2. The summed E-state index contributed by atoms with van der Waals surface area (Å²) in [5.41, 5.74) is 3.35. The smallest absolute Gasteiger partial charge is 0.360 e. The van der Waals surface area contributed by atoms with Gasteiger partial charge in [-0.1, -0.05) is 0 Å². The lowest BCUT2D eigenvalue weighted by molar-refractivity contribution is 0.0594. The molecule has 10 nitrogen and oxygen atoms in total. The number of halogens is 2. The van der Waals surface area contributed by atoms with Crippen LogP contribution >= 0.6 is 0 Å². The largest absolute Gasteiger partial charge is 0.476 e. The number of aromatic carboxylic acids is 1. The molecule has 0 saturated carbocycles. The molecule has 194 valence electrons. The summed E-state index contributed by atoms with van der Waals surface area (Å²) in [7, 11) is 1.29. The van der Waals surface area contributed by atoms with Crippen LogP contribution in [-0.4, -0.2) is 52.9 Å². The van der Waals surface area contributed by atoms with Gasteiger partial charge < -0.3 is 18.6 Å². The first-order valence-corrected chi connectivity index (χ1v) is 11.3. The van der Waals surface area contributed by atoms with Gasteiger partial charge in [-0.25, -0.2) is 38.3 Å². The lowest BCUT2D eigenvalue weighted by Crippen LogP contribution is -2.06. The monoisotopic (exact) mass is 528 g/mol. The number of aromatic nitrogens is 6. The summed E-state index contributed by atoms with van der Waals surface area (Å²) in [5.74, 6) is -2.33. The Morgan fingerprint density at radius 2 is 1.18 bits per heavy atom. The molecule has 4 aromatic heterocycles. The number of benzene rings is 2. The Kier molecular flexibility index (Phi) is 6.74. The van der Waals surface area contributed by atoms with E-state index in [0.29, 0.717) is 22.6 Å². The van der Waals surface area contributed by atoms with E-state index in [9.17, 15) is 18.4 Å². The van der Waals surface area contributed by atoms with Crippen molar-refractivity contribution >= 4 is 23.2 Å². The van der Waals surface area contributed by atoms with Crippen LogP contribution < -0.4 is 0 Å². The van der Waals surface area contributed by atoms with Crippen molar-refractivity contribution in [3.63, 3.8) is 0 Å². The Hall–Kier alpha value is -5.52. The molecule has 0 atom stereocenters. The van der Waals surface area contributed by atoms with Crippen molar-refractivity contribution < 1.29 is 28.2 Å². The second-order valence-electron chi connectivity index (χ2n) is 8.08. The minimum absolute atomic E-state index is 0.115. The number of hydrogen-bond acceptors (Lipinski definition) is 7. The van der Waals surface area contributed by atoms with Crippen molar-refractivity contribution in [2.45, 2.75) is 0 Å².